The molecule has 1 rings (SSSR count). The second-order valence-electron chi connectivity index (χ2n) is 2.87. The number of carboxylic acids is 1. The molecule has 1 saturated carbocycles. The maximum absolute atomic E-state index is 10.6. The van der Waals surface area contributed by atoms with Crippen LogP contribution in [0.2, 0.25) is 0 Å². The van der Waals surface area contributed by atoms with Gasteiger partial charge < -0.3 is 10.8 Å². The van der Waals surface area contributed by atoms with Gasteiger partial charge >= 0.3 is 5.97 Å². The monoisotopic (exact) mass is 155 g/mol. The highest BCUT2D eigenvalue weighted by Gasteiger charge is 2.27. The van der Waals surface area contributed by atoms with E-state index in [1.165, 1.54) is 0 Å². The molecule has 1 aliphatic rings. The Morgan fingerprint density at radius 2 is 2.18 bits per heavy atom. The van der Waals surface area contributed by atoms with Gasteiger partial charge in [0, 0.05) is 5.70 Å². The molecule has 0 unspecified atom stereocenters. The Bertz CT molecular complexity index is 204. The van der Waals surface area contributed by atoms with Crippen LogP contribution in [0.1, 0.15) is 26.2 Å². The van der Waals surface area contributed by atoms with Crippen LogP contribution in [0.4, 0.5) is 0 Å². The number of nitrogens with two attached hydrogens (primary N) is 1. The summed E-state index contributed by atoms with van der Waals surface area (Å²) in [6, 6.07) is 0. The Hall–Kier alpha value is -0.990. The van der Waals surface area contributed by atoms with E-state index in [4.69, 9.17) is 10.8 Å². The second-order valence-corrected chi connectivity index (χ2v) is 2.87. The van der Waals surface area contributed by atoms with Crippen LogP contribution >= 0.6 is 0 Å². The molecule has 11 heavy (non-hydrogen) atoms. The van der Waals surface area contributed by atoms with Crippen LogP contribution < -0.4 is 5.73 Å². The molecular weight excluding hydrogens is 142 g/mol. The number of carboxylic acid groups (broad SMARTS) is 1. The Kier molecular flexibility index (Phi) is 2.17. The molecule has 3 nitrogen and oxygen atoms in total. The summed E-state index contributed by atoms with van der Waals surface area (Å²) in [5.74, 6) is -0.502. The molecule has 1 aliphatic carbocycles. The summed E-state index contributed by atoms with van der Waals surface area (Å²) < 4.78 is 0. The lowest BCUT2D eigenvalue weighted by atomic mass is 10.1. The van der Waals surface area contributed by atoms with Gasteiger partial charge in [0.1, 0.15) is 0 Å². The summed E-state index contributed by atoms with van der Waals surface area (Å²) in [4.78, 5) is 10.6. The summed E-state index contributed by atoms with van der Waals surface area (Å²) in [5.41, 5.74) is 6.63. The minimum Gasteiger partial charge on any atom is -0.478 e. The molecule has 0 spiro atoms. The maximum atomic E-state index is 10.6. The number of aliphatic carboxylic acids is 1. The van der Waals surface area contributed by atoms with E-state index in [0.29, 0.717) is 23.6 Å². The van der Waals surface area contributed by atoms with Crippen molar-refractivity contribution < 1.29 is 9.90 Å². The number of rotatable bonds is 3. The number of carbonyl (C=O) groups is 1. The Morgan fingerprint density at radius 3 is 2.45 bits per heavy atom. The van der Waals surface area contributed by atoms with Gasteiger partial charge in [0.05, 0.1) is 5.57 Å². The summed E-state index contributed by atoms with van der Waals surface area (Å²) in [6.07, 6.45) is 2.64. The fourth-order valence-electron chi connectivity index (χ4n) is 1.12. The fourth-order valence-corrected chi connectivity index (χ4v) is 1.12. The zero-order valence-corrected chi connectivity index (χ0v) is 6.63. The first kappa shape index (κ1) is 8.11. The zero-order valence-electron chi connectivity index (χ0n) is 6.63. The van der Waals surface area contributed by atoms with Crippen molar-refractivity contribution in [3.63, 3.8) is 0 Å². The molecule has 0 amide bonds. The van der Waals surface area contributed by atoms with Gasteiger partial charge in [0.25, 0.3) is 0 Å². The van der Waals surface area contributed by atoms with Crippen LogP contribution in [-0.2, 0) is 4.79 Å². The van der Waals surface area contributed by atoms with E-state index in [9.17, 15) is 4.79 Å². The number of hydrogen-bond donors (Lipinski definition) is 2. The third-order valence-corrected chi connectivity index (χ3v) is 1.98. The summed E-state index contributed by atoms with van der Waals surface area (Å²) in [7, 11) is 0. The summed E-state index contributed by atoms with van der Waals surface area (Å²) >= 11 is 0. The molecule has 0 saturated heterocycles. The molecular formula is C8H13NO2. The average Bonchev–Trinajstić information content (AvgIpc) is 2.68. The standard InChI is InChI=1S/C8H13NO2/c1-2-6(8(10)11)7(9)5-3-4-5/h5H,2-4,9H2,1H3,(H,10,11). The van der Waals surface area contributed by atoms with E-state index < -0.39 is 5.97 Å². The Morgan fingerprint density at radius 1 is 1.64 bits per heavy atom. The molecule has 0 aromatic carbocycles. The van der Waals surface area contributed by atoms with Crippen molar-refractivity contribution in [1.82, 2.24) is 0 Å². The third kappa shape index (κ3) is 1.73. The topological polar surface area (TPSA) is 63.3 Å². The average molecular weight is 155 g/mol. The molecule has 3 N–H and O–H groups in total. The first-order chi connectivity index (χ1) is 5.16. The van der Waals surface area contributed by atoms with Crippen molar-refractivity contribution in [3.8, 4) is 0 Å². The van der Waals surface area contributed by atoms with Crippen molar-refractivity contribution in [3.05, 3.63) is 11.3 Å². The zero-order chi connectivity index (χ0) is 8.43. The first-order valence-corrected chi connectivity index (χ1v) is 3.88. The quantitative estimate of drug-likeness (QED) is 0.600. The predicted molar refractivity (Wildman–Crippen MR) is 41.9 cm³/mol. The van der Waals surface area contributed by atoms with E-state index in [1.54, 1.807) is 0 Å². The van der Waals surface area contributed by atoms with E-state index in [2.05, 4.69) is 0 Å². The molecule has 3 heteroatoms. The fraction of sp³-hybridized carbons (Fsp3) is 0.625. The minimum atomic E-state index is -0.864. The minimum absolute atomic E-state index is 0.362. The van der Waals surface area contributed by atoms with Gasteiger partial charge in [-0.3, -0.25) is 0 Å². The van der Waals surface area contributed by atoms with Gasteiger partial charge in [-0.05, 0) is 25.2 Å². The van der Waals surface area contributed by atoms with Gasteiger partial charge in [0.2, 0.25) is 0 Å². The van der Waals surface area contributed by atoms with Crippen LogP contribution in [0.15, 0.2) is 11.3 Å². The summed E-state index contributed by atoms with van der Waals surface area (Å²) in [5, 5.41) is 8.68. The van der Waals surface area contributed by atoms with Crippen LogP contribution in [-0.4, -0.2) is 11.1 Å². The van der Waals surface area contributed by atoms with Crippen LogP contribution in [0.3, 0.4) is 0 Å². The Labute approximate surface area is 65.9 Å². The van der Waals surface area contributed by atoms with Crippen LogP contribution in [0, 0.1) is 5.92 Å². The van der Waals surface area contributed by atoms with Gasteiger partial charge in [-0.25, -0.2) is 4.79 Å². The second kappa shape index (κ2) is 2.95. The molecule has 0 aromatic rings. The highest BCUT2D eigenvalue weighted by Crippen LogP contribution is 2.35. The highest BCUT2D eigenvalue weighted by atomic mass is 16.4. The molecule has 62 valence electrons. The van der Waals surface area contributed by atoms with Gasteiger partial charge in [-0.2, -0.15) is 0 Å². The maximum Gasteiger partial charge on any atom is 0.333 e. The van der Waals surface area contributed by atoms with Crippen molar-refractivity contribution in [1.29, 1.82) is 0 Å². The lowest BCUT2D eigenvalue weighted by molar-refractivity contribution is -0.132. The molecule has 0 heterocycles. The largest absolute Gasteiger partial charge is 0.478 e. The summed E-state index contributed by atoms with van der Waals surface area (Å²) in [6.45, 7) is 1.82. The van der Waals surface area contributed by atoms with E-state index in [0.717, 1.165) is 12.8 Å². The lowest BCUT2D eigenvalue weighted by Gasteiger charge is -2.03. The van der Waals surface area contributed by atoms with Gasteiger partial charge in [-0.15, -0.1) is 0 Å². The smallest absolute Gasteiger partial charge is 0.333 e. The molecule has 0 bridgehead atoms. The van der Waals surface area contributed by atoms with Gasteiger partial charge in [0.15, 0.2) is 0 Å². The lowest BCUT2D eigenvalue weighted by Crippen LogP contribution is -2.11. The third-order valence-electron chi connectivity index (χ3n) is 1.98. The van der Waals surface area contributed by atoms with Crippen LogP contribution in [0.25, 0.3) is 0 Å². The van der Waals surface area contributed by atoms with E-state index >= 15 is 0 Å². The van der Waals surface area contributed by atoms with Crippen molar-refractivity contribution in [2.24, 2.45) is 11.7 Å². The molecule has 0 aliphatic heterocycles. The van der Waals surface area contributed by atoms with E-state index in [1.807, 2.05) is 6.92 Å². The predicted octanol–water partition coefficient (Wildman–Crippen LogP) is 1.10. The normalized spacial score (nSPS) is 19.4. The van der Waals surface area contributed by atoms with Crippen molar-refractivity contribution >= 4 is 5.97 Å². The molecule has 0 aromatic heterocycles. The van der Waals surface area contributed by atoms with Gasteiger partial charge in [-0.1, -0.05) is 6.92 Å². The molecule has 1 fully saturated rings. The van der Waals surface area contributed by atoms with Crippen molar-refractivity contribution in [2.75, 3.05) is 0 Å². The molecule has 0 radical (unpaired) electrons. The number of allylic oxidation sites excluding steroid dienone is 1. The van der Waals surface area contributed by atoms with Crippen molar-refractivity contribution in [2.45, 2.75) is 26.2 Å². The Balaban J connectivity index is 2.77. The number of hydrogen-bond acceptors (Lipinski definition) is 2. The van der Waals surface area contributed by atoms with Crippen LogP contribution in [0.5, 0.6) is 0 Å². The first-order valence-electron chi connectivity index (χ1n) is 3.88. The van der Waals surface area contributed by atoms with E-state index in [-0.39, 0.29) is 0 Å². The highest BCUT2D eigenvalue weighted by molar-refractivity contribution is 5.87. The SMILES string of the molecule is CCC(C(=O)O)=C(N)C1CC1. The molecule has 0 atom stereocenters.